The van der Waals surface area contributed by atoms with Crippen LogP contribution in [0.2, 0.25) is 0 Å². The Morgan fingerprint density at radius 1 is 1.27 bits per heavy atom. The van der Waals surface area contributed by atoms with E-state index in [4.69, 9.17) is 0 Å². The minimum atomic E-state index is 0.671. The van der Waals surface area contributed by atoms with E-state index in [-0.39, 0.29) is 0 Å². The van der Waals surface area contributed by atoms with Gasteiger partial charge in [-0.15, -0.1) is 0 Å². The van der Waals surface area contributed by atoms with Crippen molar-refractivity contribution in [2.75, 3.05) is 19.6 Å². The summed E-state index contributed by atoms with van der Waals surface area (Å²) in [6.07, 6.45) is 7.12. The average Bonchev–Trinajstić information content (AvgIpc) is 3.02. The van der Waals surface area contributed by atoms with Crippen molar-refractivity contribution in [2.24, 2.45) is 5.92 Å². The van der Waals surface area contributed by atoms with Crippen LogP contribution in [-0.4, -0.2) is 36.6 Å². The lowest BCUT2D eigenvalue weighted by Crippen LogP contribution is -2.41. The fourth-order valence-corrected chi connectivity index (χ4v) is 2.25. The molecule has 0 bridgehead atoms. The Hall–Kier alpha value is -0.0800. The van der Waals surface area contributed by atoms with E-state index in [1.54, 1.807) is 0 Å². The summed E-state index contributed by atoms with van der Waals surface area (Å²) in [6, 6.07) is 1.61. The molecule has 0 aromatic carbocycles. The fraction of sp³-hybridized carbons (Fsp3) is 1.00. The van der Waals surface area contributed by atoms with Crippen LogP contribution in [0.25, 0.3) is 0 Å². The largest absolute Gasteiger partial charge is 0.313 e. The van der Waals surface area contributed by atoms with Crippen molar-refractivity contribution < 1.29 is 0 Å². The average molecular weight is 210 g/mol. The Labute approximate surface area is 94.4 Å². The molecule has 0 amide bonds. The van der Waals surface area contributed by atoms with E-state index in [1.165, 1.54) is 51.7 Å². The Bertz CT molecular complexity index is 185. The predicted octanol–water partition coefficient (Wildman–Crippen LogP) is 2.25. The normalized spacial score (nSPS) is 23.4. The summed E-state index contributed by atoms with van der Waals surface area (Å²) in [6.45, 7) is 8.38. The Kier molecular flexibility index (Phi) is 4.04. The third-order valence-corrected chi connectivity index (χ3v) is 3.50. The summed E-state index contributed by atoms with van der Waals surface area (Å²) in [4.78, 5) is 2.74. The first-order valence-corrected chi connectivity index (χ1v) is 6.77. The lowest BCUT2D eigenvalue weighted by Gasteiger charge is -2.26. The monoisotopic (exact) mass is 210 g/mol. The molecule has 2 aliphatic rings. The van der Waals surface area contributed by atoms with Crippen LogP contribution in [0.3, 0.4) is 0 Å². The maximum Gasteiger partial charge on any atom is 0.0166 e. The first-order valence-electron chi connectivity index (χ1n) is 6.77. The summed E-state index contributed by atoms with van der Waals surface area (Å²) < 4.78 is 0. The van der Waals surface area contributed by atoms with Crippen molar-refractivity contribution in [1.29, 1.82) is 0 Å². The molecule has 0 saturated heterocycles. The highest BCUT2D eigenvalue weighted by Crippen LogP contribution is 2.34. The maximum atomic E-state index is 3.60. The van der Waals surface area contributed by atoms with Crippen molar-refractivity contribution in [3.05, 3.63) is 0 Å². The molecule has 2 heteroatoms. The second kappa shape index (κ2) is 5.31. The van der Waals surface area contributed by atoms with Crippen LogP contribution in [0.5, 0.6) is 0 Å². The lowest BCUT2D eigenvalue weighted by atomic mass is 10.2. The fourth-order valence-electron chi connectivity index (χ4n) is 2.25. The van der Waals surface area contributed by atoms with E-state index in [1.807, 2.05) is 0 Å². The molecule has 88 valence electrons. The van der Waals surface area contributed by atoms with Crippen LogP contribution >= 0.6 is 0 Å². The molecule has 2 saturated carbocycles. The Morgan fingerprint density at radius 2 is 2.00 bits per heavy atom. The molecule has 0 aromatic heterocycles. The summed E-state index contributed by atoms with van der Waals surface area (Å²) in [5.74, 6) is 1.05. The van der Waals surface area contributed by atoms with Gasteiger partial charge in [-0.3, -0.25) is 4.90 Å². The molecule has 0 heterocycles. The second-order valence-electron chi connectivity index (χ2n) is 5.48. The summed E-state index contributed by atoms with van der Waals surface area (Å²) in [5.41, 5.74) is 0. The van der Waals surface area contributed by atoms with E-state index in [0.717, 1.165) is 12.0 Å². The standard InChI is InChI=1S/C13H26N2/c1-3-8-14-11(2)9-15(13-6-7-13)10-12-4-5-12/h11-14H,3-10H2,1-2H3. The molecule has 2 nitrogen and oxygen atoms in total. The molecule has 0 aromatic rings. The summed E-state index contributed by atoms with van der Waals surface area (Å²) in [7, 11) is 0. The molecule has 0 spiro atoms. The molecule has 0 radical (unpaired) electrons. The van der Waals surface area contributed by atoms with Gasteiger partial charge in [-0.2, -0.15) is 0 Å². The second-order valence-corrected chi connectivity index (χ2v) is 5.48. The first-order chi connectivity index (χ1) is 7.29. The van der Waals surface area contributed by atoms with Crippen LogP contribution in [0, 0.1) is 5.92 Å². The van der Waals surface area contributed by atoms with Gasteiger partial charge >= 0.3 is 0 Å². The molecular weight excluding hydrogens is 184 g/mol. The van der Waals surface area contributed by atoms with Gasteiger partial charge in [-0.1, -0.05) is 6.92 Å². The number of rotatable bonds is 8. The number of hydrogen-bond donors (Lipinski definition) is 1. The van der Waals surface area contributed by atoms with Gasteiger partial charge in [-0.25, -0.2) is 0 Å². The molecule has 1 atom stereocenters. The summed E-state index contributed by atoms with van der Waals surface area (Å²) >= 11 is 0. The maximum absolute atomic E-state index is 3.60. The van der Waals surface area contributed by atoms with Crippen molar-refractivity contribution >= 4 is 0 Å². The van der Waals surface area contributed by atoms with Crippen LogP contribution in [0.4, 0.5) is 0 Å². The van der Waals surface area contributed by atoms with E-state index in [0.29, 0.717) is 6.04 Å². The van der Waals surface area contributed by atoms with Gasteiger partial charge in [0.2, 0.25) is 0 Å². The van der Waals surface area contributed by atoms with Gasteiger partial charge in [0.05, 0.1) is 0 Å². The van der Waals surface area contributed by atoms with Crippen LogP contribution in [0.15, 0.2) is 0 Å². The highest BCUT2D eigenvalue weighted by atomic mass is 15.2. The van der Waals surface area contributed by atoms with Gasteiger partial charge in [-0.05, 0) is 51.5 Å². The van der Waals surface area contributed by atoms with Crippen molar-refractivity contribution in [1.82, 2.24) is 10.2 Å². The first kappa shape index (κ1) is 11.4. The SMILES string of the molecule is CCCNC(C)CN(CC1CC1)C1CC1. The molecule has 2 fully saturated rings. The lowest BCUT2D eigenvalue weighted by molar-refractivity contribution is 0.228. The predicted molar refractivity (Wildman–Crippen MR) is 65.1 cm³/mol. The van der Waals surface area contributed by atoms with Crippen LogP contribution in [-0.2, 0) is 0 Å². The zero-order valence-corrected chi connectivity index (χ0v) is 10.3. The topological polar surface area (TPSA) is 15.3 Å². The van der Waals surface area contributed by atoms with Crippen LogP contribution in [0.1, 0.15) is 46.0 Å². The molecule has 2 rings (SSSR count). The Balaban J connectivity index is 1.67. The third-order valence-electron chi connectivity index (χ3n) is 3.50. The molecule has 0 aliphatic heterocycles. The highest BCUT2D eigenvalue weighted by molar-refractivity contribution is 4.89. The molecular formula is C13H26N2. The number of hydrogen-bond acceptors (Lipinski definition) is 2. The molecule has 15 heavy (non-hydrogen) atoms. The van der Waals surface area contributed by atoms with Gasteiger partial charge in [0, 0.05) is 25.2 Å². The van der Waals surface area contributed by atoms with E-state index < -0.39 is 0 Å². The molecule has 2 aliphatic carbocycles. The minimum absolute atomic E-state index is 0.671. The third kappa shape index (κ3) is 4.12. The zero-order valence-electron chi connectivity index (χ0n) is 10.3. The quantitative estimate of drug-likeness (QED) is 0.661. The molecule has 1 unspecified atom stereocenters. The smallest absolute Gasteiger partial charge is 0.0166 e. The minimum Gasteiger partial charge on any atom is -0.313 e. The van der Waals surface area contributed by atoms with Crippen molar-refractivity contribution in [3.8, 4) is 0 Å². The highest BCUT2D eigenvalue weighted by Gasteiger charge is 2.33. The van der Waals surface area contributed by atoms with Gasteiger partial charge < -0.3 is 5.32 Å². The van der Waals surface area contributed by atoms with Crippen molar-refractivity contribution in [2.45, 2.75) is 58.0 Å². The van der Waals surface area contributed by atoms with Crippen LogP contribution < -0.4 is 5.32 Å². The van der Waals surface area contributed by atoms with Gasteiger partial charge in [0.25, 0.3) is 0 Å². The number of nitrogens with one attached hydrogen (secondary N) is 1. The van der Waals surface area contributed by atoms with Gasteiger partial charge in [0.15, 0.2) is 0 Å². The molecule has 1 N–H and O–H groups in total. The van der Waals surface area contributed by atoms with Gasteiger partial charge in [0.1, 0.15) is 0 Å². The Morgan fingerprint density at radius 3 is 2.53 bits per heavy atom. The number of nitrogens with zero attached hydrogens (tertiary/aromatic N) is 1. The summed E-state index contributed by atoms with van der Waals surface area (Å²) in [5, 5.41) is 3.60. The van der Waals surface area contributed by atoms with Crippen molar-refractivity contribution in [3.63, 3.8) is 0 Å². The van der Waals surface area contributed by atoms with E-state index >= 15 is 0 Å². The van der Waals surface area contributed by atoms with E-state index in [9.17, 15) is 0 Å². The van der Waals surface area contributed by atoms with E-state index in [2.05, 4.69) is 24.1 Å². The zero-order chi connectivity index (χ0) is 10.7.